The van der Waals surface area contributed by atoms with E-state index in [9.17, 15) is 13.2 Å². The Balaban J connectivity index is 1.63. The summed E-state index contributed by atoms with van der Waals surface area (Å²) in [7, 11) is -1.98. The number of sulfonamides is 1. The van der Waals surface area contributed by atoms with Gasteiger partial charge in [0.15, 0.2) is 6.61 Å². The summed E-state index contributed by atoms with van der Waals surface area (Å²) in [6.07, 6.45) is 1.14. The van der Waals surface area contributed by atoms with Crippen LogP contribution < -0.4 is 19.1 Å². The minimum Gasteiger partial charge on any atom is -0.497 e. The Morgan fingerprint density at radius 2 is 1.59 bits per heavy atom. The molecule has 1 amide bonds. The number of rotatable bonds is 9. The second-order valence-electron chi connectivity index (χ2n) is 6.92. The Hall–Kier alpha value is -3.23. The summed E-state index contributed by atoms with van der Waals surface area (Å²) in [5, 5.41) is 3.22. The maximum absolute atomic E-state index is 12.4. The molecule has 0 saturated heterocycles. The molecule has 9 heteroatoms. The molecule has 3 rings (SSSR count). The van der Waals surface area contributed by atoms with E-state index >= 15 is 0 Å². The van der Waals surface area contributed by atoms with E-state index in [1.165, 1.54) is 4.31 Å². The van der Waals surface area contributed by atoms with Gasteiger partial charge in [-0.25, -0.2) is 8.42 Å². The van der Waals surface area contributed by atoms with Crippen molar-refractivity contribution in [1.82, 2.24) is 0 Å². The highest BCUT2D eigenvalue weighted by Crippen LogP contribution is 2.26. The van der Waals surface area contributed by atoms with Crippen LogP contribution in [0.25, 0.3) is 0 Å². The standard InChI is InChI=1S/C23H23ClN2O5S/c1-30-20-11-7-18(8-12-20)25-23(27)16-31-21-13-9-19(10-14-21)26(32(2,28)29)15-17-5-3-4-6-22(17)24/h3-14H,15-16H2,1-2H3,(H,25,27). The summed E-state index contributed by atoms with van der Waals surface area (Å²) in [5.74, 6) is 0.803. The fourth-order valence-corrected chi connectivity index (χ4v) is 3.98. The van der Waals surface area contributed by atoms with E-state index in [2.05, 4.69) is 5.32 Å². The molecule has 1 N–H and O–H groups in total. The van der Waals surface area contributed by atoms with Gasteiger partial charge < -0.3 is 14.8 Å². The van der Waals surface area contributed by atoms with E-state index in [1.54, 1.807) is 79.9 Å². The van der Waals surface area contributed by atoms with Gasteiger partial charge in [0.2, 0.25) is 10.0 Å². The van der Waals surface area contributed by atoms with E-state index in [-0.39, 0.29) is 19.1 Å². The Labute approximate surface area is 192 Å². The summed E-state index contributed by atoms with van der Waals surface area (Å²) >= 11 is 6.19. The molecule has 3 aromatic rings. The summed E-state index contributed by atoms with van der Waals surface area (Å²) in [6, 6.07) is 20.5. The van der Waals surface area contributed by atoms with E-state index in [0.717, 1.165) is 6.26 Å². The number of carbonyl (C=O) groups excluding carboxylic acids is 1. The zero-order chi connectivity index (χ0) is 23.1. The molecular weight excluding hydrogens is 452 g/mol. The SMILES string of the molecule is COc1ccc(NC(=O)COc2ccc(N(Cc3ccccc3Cl)S(C)(=O)=O)cc2)cc1. The fraction of sp³-hybridized carbons (Fsp3) is 0.174. The van der Waals surface area contributed by atoms with Crippen LogP contribution in [0.3, 0.4) is 0 Å². The number of methoxy groups -OCH3 is 1. The Morgan fingerprint density at radius 1 is 0.969 bits per heavy atom. The molecular formula is C23H23ClN2O5S. The topological polar surface area (TPSA) is 84.9 Å². The Bertz CT molecular complexity index is 1170. The number of hydrogen-bond donors (Lipinski definition) is 1. The maximum atomic E-state index is 12.4. The first-order valence-corrected chi connectivity index (χ1v) is 11.9. The maximum Gasteiger partial charge on any atom is 0.262 e. The van der Waals surface area contributed by atoms with Gasteiger partial charge in [0.1, 0.15) is 11.5 Å². The lowest BCUT2D eigenvalue weighted by Gasteiger charge is -2.23. The fourth-order valence-electron chi connectivity index (χ4n) is 2.91. The number of nitrogens with one attached hydrogen (secondary N) is 1. The summed E-state index contributed by atoms with van der Waals surface area (Å²) in [5.41, 5.74) is 1.77. The number of ether oxygens (including phenoxy) is 2. The second-order valence-corrected chi connectivity index (χ2v) is 9.23. The molecule has 3 aromatic carbocycles. The monoisotopic (exact) mass is 474 g/mol. The van der Waals surface area contributed by atoms with Crippen molar-refractivity contribution in [2.24, 2.45) is 0 Å². The lowest BCUT2D eigenvalue weighted by Crippen LogP contribution is -2.29. The van der Waals surface area contributed by atoms with Gasteiger partial charge in [-0.1, -0.05) is 29.8 Å². The smallest absolute Gasteiger partial charge is 0.262 e. The molecule has 0 aliphatic rings. The minimum absolute atomic E-state index is 0.100. The van der Waals surface area contributed by atoms with Gasteiger partial charge in [-0.15, -0.1) is 0 Å². The van der Waals surface area contributed by atoms with Crippen molar-refractivity contribution in [3.05, 3.63) is 83.4 Å². The number of anilines is 2. The zero-order valence-electron chi connectivity index (χ0n) is 17.6. The number of halogens is 1. The lowest BCUT2D eigenvalue weighted by molar-refractivity contribution is -0.118. The van der Waals surface area contributed by atoms with E-state index in [0.29, 0.717) is 33.5 Å². The molecule has 32 heavy (non-hydrogen) atoms. The summed E-state index contributed by atoms with van der Waals surface area (Å²) in [4.78, 5) is 12.1. The average molecular weight is 475 g/mol. The van der Waals surface area contributed by atoms with Gasteiger partial charge in [-0.2, -0.15) is 0 Å². The number of hydrogen-bond acceptors (Lipinski definition) is 5. The highest BCUT2D eigenvalue weighted by molar-refractivity contribution is 7.92. The van der Waals surface area contributed by atoms with Gasteiger partial charge in [-0.05, 0) is 60.2 Å². The molecule has 0 saturated carbocycles. The van der Waals surface area contributed by atoms with Crippen molar-refractivity contribution in [3.63, 3.8) is 0 Å². The molecule has 0 aliphatic carbocycles. The number of carbonyl (C=O) groups is 1. The van der Waals surface area contributed by atoms with Crippen molar-refractivity contribution in [1.29, 1.82) is 0 Å². The summed E-state index contributed by atoms with van der Waals surface area (Å²) in [6.45, 7) is -0.0935. The summed E-state index contributed by atoms with van der Waals surface area (Å²) < 4.78 is 36.6. The van der Waals surface area contributed by atoms with Crippen LogP contribution in [0.5, 0.6) is 11.5 Å². The number of amides is 1. The predicted molar refractivity (Wildman–Crippen MR) is 126 cm³/mol. The molecule has 7 nitrogen and oxygen atoms in total. The third-order valence-electron chi connectivity index (χ3n) is 4.54. The lowest BCUT2D eigenvalue weighted by atomic mass is 10.2. The van der Waals surface area contributed by atoms with Crippen molar-refractivity contribution in [2.45, 2.75) is 6.54 Å². The van der Waals surface area contributed by atoms with Gasteiger partial charge in [-0.3, -0.25) is 9.10 Å². The average Bonchev–Trinajstić information content (AvgIpc) is 2.77. The molecule has 0 radical (unpaired) electrons. The normalized spacial score (nSPS) is 11.0. The van der Waals surface area contributed by atoms with Crippen molar-refractivity contribution in [2.75, 3.05) is 29.6 Å². The first-order chi connectivity index (χ1) is 15.3. The van der Waals surface area contributed by atoms with Gasteiger partial charge >= 0.3 is 0 Å². The van der Waals surface area contributed by atoms with Crippen molar-refractivity contribution < 1.29 is 22.7 Å². The molecule has 0 fully saturated rings. The molecule has 0 aromatic heterocycles. The molecule has 0 heterocycles. The number of nitrogens with zero attached hydrogens (tertiary/aromatic N) is 1. The molecule has 0 spiro atoms. The van der Waals surface area contributed by atoms with Gasteiger partial charge in [0, 0.05) is 10.7 Å². The quantitative estimate of drug-likeness (QED) is 0.499. The molecule has 0 aliphatic heterocycles. The van der Waals surface area contributed by atoms with Gasteiger partial charge in [0.05, 0.1) is 25.6 Å². The van der Waals surface area contributed by atoms with Crippen LogP contribution in [0.4, 0.5) is 11.4 Å². The van der Waals surface area contributed by atoms with E-state index in [1.807, 2.05) is 0 Å². The van der Waals surface area contributed by atoms with Crippen LogP contribution >= 0.6 is 11.6 Å². The third kappa shape index (κ3) is 6.38. The highest BCUT2D eigenvalue weighted by atomic mass is 35.5. The highest BCUT2D eigenvalue weighted by Gasteiger charge is 2.19. The van der Waals surface area contributed by atoms with Crippen LogP contribution in [0, 0.1) is 0 Å². The Kier molecular flexibility index (Phi) is 7.61. The zero-order valence-corrected chi connectivity index (χ0v) is 19.2. The van der Waals surface area contributed by atoms with E-state index in [4.69, 9.17) is 21.1 Å². The first kappa shape index (κ1) is 23.4. The predicted octanol–water partition coefficient (Wildman–Crippen LogP) is 4.33. The molecule has 0 atom stereocenters. The Morgan fingerprint density at radius 3 is 2.19 bits per heavy atom. The van der Waals surface area contributed by atoms with Crippen LogP contribution in [-0.2, 0) is 21.4 Å². The third-order valence-corrected chi connectivity index (χ3v) is 6.05. The van der Waals surface area contributed by atoms with Crippen molar-refractivity contribution in [3.8, 4) is 11.5 Å². The van der Waals surface area contributed by atoms with Crippen molar-refractivity contribution >= 4 is 38.9 Å². The van der Waals surface area contributed by atoms with E-state index < -0.39 is 10.0 Å². The minimum atomic E-state index is -3.55. The first-order valence-electron chi connectivity index (χ1n) is 9.64. The van der Waals surface area contributed by atoms with Gasteiger partial charge in [0.25, 0.3) is 5.91 Å². The van der Waals surface area contributed by atoms with Crippen LogP contribution in [0.15, 0.2) is 72.8 Å². The number of benzene rings is 3. The molecule has 168 valence electrons. The largest absolute Gasteiger partial charge is 0.497 e. The molecule has 0 unspecified atom stereocenters. The molecule has 0 bridgehead atoms. The van der Waals surface area contributed by atoms with Crippen LogP contribution in [-0.4, -0.2) is 34.3 Å². The van der Waals surface area contributed by atoms with Crippen LogP contribution in [0.2, 0.25) is 5.02 Å². The van der Waals surface area contributed by atoms with Crippen LogP contribution in [0.1, 0.15) is 5.56 Å². The second kappa shape index (κ2) is 10.4.